The molecule has 0 unspecified atom stereocenters. The van der Waals surface area contributed by atoms with Crippen LogP contribution in [-0.2, 0) is 9.78 Å². The Kier molecular flexibility index (Phi) is 7.16. The summed E-state index contributed by atoms with van der Waals surface area (Å²) in [5.41, 5.74) is 2.90. The first-order valence-corrected chi connectivity index (χ1v) is 11.2. The Hall–Kier alpha value is -4.84. The molecule has 0 bridgehead atoms. The van der Waals surface area contributed by atoms with E-state index in [-0.39, 0.29) is 33.8 Å². The SMILES string of the molecule is Cc1ccc(C(=O)c2ccccc2C(=O)OOC(=O)c2ccccc2C(=O)c2ccc(C)cc2)cc1. The van der Waals surface area contributed by atoms with Crippen LogP contribution in [0, 0.1) is 13.8 Å². The second-order valence-electron chi connectivity index (χ2n) is 8.22. The van der Waals surface area contributed by atoms with Gasteiger partial charge in [0.2, 0.25) is 0 Å². The van der Waals surface area contributed by atoms with Gasteiger partial charge < -0.3 is 0 Å². The van der Waals surface area contributed by atoms with Crippen molar-refractivity contribution in [1.29, 1.82) is 0 Å². The molecule has 6 heteroatoms. The van der Waals surface area contributed by atoms with E-state index in [1.807, 2.05) is 13.8 Å². The van der Waals surface area contributed by atoms with E-state index in [1.54, 1.807) is 72.8 Å². The monoisotopic (exact) mass is 478 g/mol. The standard InChI is InChI=1S/C30H22O6/c1-19-11-15-21(16-12-19)27(31)23-7-3-5-9-25(23)29(33)35-36-30(34)26-10-6-4-8-24(26)28(32)22-17-13-20(2)14-18-22/h3-18H,1-2H3. The third-order valence-electron chi connectivity index (χ3n) is 5.60. The molecule has 0 radical (unpaired) electrons. The molecule has 0 fully saturated rings. The Bertz CT molecular complexity index is 1340. The average Bonchev–Trinajstić information content (AvgIpc) is 2.91. The summed E-state index contributed by atoms with van der Waals surface area (Å²) < 4.78 is 0. The summed E-state index contributed by atoms with van der Waals surface area (Å²) in [6.07, 6.45) is 0. The number of hydrogen-bond donors (Lipinski definition) is 0. The highest BCUT2D eigenvalue weighted by Gasteiger charge is 2.24. The zero-order valence-electron chi connectivity index (χ0n) is 19.7. The highest BCUT2D eigenvalue weighted by molar-refractivity contribution is 6.15. The van der Waals surface area contributed by atoms with Gasteiger partial charge in [-0.1, -0.05) is 96.1 Å². The van der Waals surface area contributed by atoms with Crippen LogP contribution in [0.1, 0.15) is 63.7 Å². The van der Waals surface area contributed by atoms with Crippen LogP contribution in [0.4, 0.5) is 0 Å². The van der Waals surface area contributed by atoms with Crippen LogP contribution in [0.2, 0.25) is 0 Å². The van der Waals surface area contributed by atoms with E-state index in [0.29, 0.717) is 11.1 Å². The summed E-state index contributed by atoms with van der Waals surface area (Å²) in [5.74, 6) is -2.77. The molecule has 0 heterocycles. The van der Waals surface area contributed by atoms with E-state index >= 15 is 0 Å². The quantitative estimate of drug-likeness (QED) is 0.201. The lowest BCUT2D eigenvalue weighted by Crippen LogP contribution is -2.17. The van der Waals surface area contributed by atoms with Gasteiger partial charge in [-0.05, 0) is 26.0 Å². The zero-order chi connectivity index (χ0) is 25.7. The second-order valence-corrected chi connectivity index (χ2v) is 8.22. The van der Waals surface area contributed by atoms with Gasteiger partial charge in [-0.3, -0.25) is 9.59 Å². The Morgan fingerprint density at radius 3 is 1.08 bits per heavy atom. The largest absolute Gasteiger partial charge is 0.387 e. The van der Waals surface area contributed by atoms with Crippen LogP contribution < -0.4 is 0 Å². The van der Waals surface area contributed by atoms with Gasteiger partial charge in [0.05, 0.1) is 11.1 Å². The minimum absolute atomic E-state index is 0.0557. The Morgan fingerprint density at radius 2 is 0.750 bits per heavy atom. The maximum absolute atomic E-state index is 13.0. The second kappa shape index (κ2) is 10.6. The molecule has 0 aliphatic carbocycles. The van der Waals surface area contributed by atoms with E-state index in [9.17, 15) is 19.2 Å². The molecular formula is C30H22O6. The number of aryl methyl sites for hydroxylation is 2. The van der Waals surface area contributed by atoms with Gasteiger partial charge in [-0.15, -0.1) is 0 Å². The van der Waals surface area contributed by atoms with Crippen molar-refractivity contribution in [3.63, 3.8) is 0 Å². The van der Waals surface area contributed by atoms with Gasteiger partial charge in [0, 0.05) is 22.3 Å². The molecule has 0 atom stereocenters. The zero-order valence-corrected chi connectivity index (χ0v) is 19.7. The van der Waals surface area contributed by atoms with Crippen LogP contribution in [0.5, 0.6) is 0 Å². The Labute approximate surface area is 208 Å². The Balaban J connectivity index is 1.52. The third-order valence-corrected chi connectivity index (χ3v) is 5.60. The fourth-order valence-corrected chi connectivity index (χ4v) is 3.60. The minimum atomic E-state index is -1.01. The van der Waals surface area contributed by atoms with Gasteiger partial charge in [0.1, 0.15) is 0 Å². The Morgan fingerprint density at radius 1 is 0.444 bits per heavy atom. The van der Waals surface area contributed by atoms with Crippen molar-refractivity contribution in [2.24, 2.45) is 0 Å². The predicted molar refractivity (Wildman–Crippen MR) is 133 cm³/mol. The number of benzene rings is 4. The van der Waals surface area contributed by atoms with Gasteiger partial charge in [-0.25, -0.2) is 19.4 Å². The summed E-state index contributed by atoms with van der Waals surface area (Å²) in [6.45, 7) is 3.81. The van der Waals surface area contributed by atoms with Crippen molar-refractivity contribution >= 4 is 23.5 Å². The smallest absolute Gasteiger partial charge is 0.289 e. The van der Waals surface area contributed by atoms with E-state index in [0.717, 1.165) is 11.1 Å². The van der Waals surface area contributed by atoms with E-state index in [1.165, 1.54) is 24.3 Å². The molecule has 0 N–H and O–H groups in total. The van der Waals surface area contributed by atoms with Crippen LogP contribution >= 0.6 is 0 Å². The molecule has 0 amide bonds. The number of hydrogen-bond acceptors (Lipinski definition) is 6. The molecule has 0 saturated heterocycles. The van der Waals surface area contributed by atoms with Crippen LogP contribution in [-0.4, -0.2) is 23.5 Å². The van der Waals surface area contributed by atoms with Gasteiger partial charge in [0.25, 0.3) is 0 Å². The molecule has 4 rings (SSSR count). The molecule has 6 nitrogen and oxygen atoms in total. The number of carbonyl (C=O) groups excluding carboxylic acids is 4. The maximum Gasteiger partial charge on any atom is 0.387 e. The molecule has 4 aromatic carbocycles. The summed E-state index contributed by atoms with van der Waals surface area (Å²) in [7, 11) is 0. The fourth-order valence-electron chi connectivity index (χ4n) is 3.60. The van der Waals surface area contributed by atoms with Gasteiger partial charge >= 0.3 is 11.9 Å². The number of carbonyl (C=O) groups is 4. The first-order valence-electron chi connectivity index (χ1n) is 11.2. The van der Waals surface area contributed by atoms with Crippen LogP contribution in [0.25, 0.3) is 0 Å². The van der Waals surface area contributed by atoms with E-state index < -0.39 is 11.9 Å². The molecule has 0 spiro atoms. The minimum Gasteiger partial charge on any atom is -0.289 e. The lowest BCUT2D eigenvalue weighted by molar-refractivity contribution is -0.187. The molecule has 4 aromatic rings. The molecule has 178 valence electrons. The van der Waals surface area contributed by atoms with E-state index in [2.05, 4.69) is 0 Å². The molecule has 0 saturated carbocycles. The van der Waals surface area contributed by atoms with Crippen molar-refractivity contribution in [3.8, 4) is 0 Å². The molecule has 0 aliphatic rings. The normalized spacial score (nSPS) is 10.4. The van der Waals surface area contributed by atoms with Crippen molar-refractivity contribution < 1.29 is 29.0 Å². The highest BCUT2D eigenvalue weighted by Crippen LogP contribution is 2.19. The van der Waals surface area contributed by atoms with Crippen molar-refractivity contribution in [3.05, 3.63) is 142 Å². The summed E-state index contributed by atoms with van der Waals surface area (Å²) in [6, 6.07) is 26.1. The molecule has 0 aliphatic heterocycles. The van der Waals surface area contributed by atoms with E-state index in [4.69, 9.17) is 9.78 Å². The summed E-state index contributed by atoms with van der Waals surface area (Å²) in [5, 5.41) is 0. The topological polar surface area (TPSA) is 86.7 Å². The lowest BCUT2D eigenvalue weighted by Gasteiger charge is -2.10. The van der Waals surface area contributed by atoms with Gasteiger partial charge in [-0.2, -0.15) is 0 Å². The first-order chi connectivity index (χ1) is 17.3. The van der Waals surface area contributed by atoms with Crippen LogP contribution in [0.15, 0.2) is 97.1 Å². The molecule has 36 heavy (non-hydrogen) atoms. The number of rotatable bonds is 6. The van der Waals surface area contributed by atoms with Crippen LogP contribution in [0.3, 0.4) is 0 Å². The highest BCUT2D eigenvalue weighted by atomic mass is 17.2. The third kappa shape index (κ3) is 5.28. The van der Waals surface area contributed by atoms with Crippen molar-refractivity contribution in [2.75, 3.05) is 0 Å². The molecular weight excluding hydrogens is 456 g/mol. The fraction of sp³-hybridized carbons (Fsp3) is 0.0667. The number of ketones is 2. The molecule has 0 aromatic heterocycles. The van der Waals surface area contributed by atoms with Crippen molar-refractivity contribution in [1.82, 2.24) is 0 Å². The maximum atomic E-state index is 13.0. The average molecular weight is 479 g/mol. The summed E-state index contributed by atoms with van der Waals surface area (Å²) in [4.78, 5) is 61.0. The van der Waals surface area contributed by atoms with Crippen molar-refractivity contribution in [2.45, 2.75) is 13.8 Å². The predicted octanol–water partition coefficient (Wildman–Crippen LogP) is 5.69. The lowest BCUT2D eigenvalue weighted by atomic mass is 9.98. The first kappa shape index (κ1) is 24.3. The summed E-state index contributed by atoms with van der Waals surface area (Å²) >= 11 is 0. The van der Waals surface area contributed by atoms with Gasteiger partial charge in [0.15, 0.2) is 11.6 Å².